The van der Waals surface area contributed by atoms with E-state index in [1.54, 1.807) is 4.90 Å². The summed E-state index contributed by atoms with van der Waals surface area (Å²) in [6.07, 6.45) is 2.16. The number of amides is 2. The number of likely N-dealkylation sites (tertiary alicyclic amines) is 1. The predicted molar refractivity (Wildman–Crippen MR) is 132 cm³/mol. The summed E-state index contributed by atoms with van der Waals surface area (Å²) >= 11 is 5.72. The van der Waals surface area contributed by atoms with Crippen LogP contribution in [0.15, 0.2) is 30.3 Å². The van der Waals surface area contributed by atoms with Crippen LogP contribution in [0.1, 0.15) is 52.0 Å². The summed E-state index contributed by atoms with van der Waals surface area (Å²) in [6.45, 7) is 7.46. The molecular formula is C24H38ClN3O4S. The Kier molecular flexibility index (Phi) is 11.1. The fraction of sp³-hybridized carbons (Fsp3) is 0.667. The molecule has 1 aromatic carbocycles. The van der Waals surface area contributed by atoms with E-state index in [2.05, 4.69) is 0 Å². The number of alkyl halides is 1. The Bertz CT molecular complexity index is 856. The highest BCUT2D eigenvalue weighted by Crippen LogP contribution is 2.21. The molecule has 0 aromatic heterocycles. The van der Waals surface area contributed by atoms with Crippen LogP contribution in [0.5, 0.6) is 0 Å². The first-order valence-corrected chi connectivity index (χ1v) is 14.0. The standard InChI is InChI=1S/C24H38ClN3O4S/c1-4-16-33(31,32)27(17-20(2)3)19-24(30)28(18-21-8-6-5-7-9-21)22-11-14-26(15-12-22)23(29)10-13-25/h5-9,20,22H,4,10-19H2,1-3H3. The van der Waals surface area contributed by atoms with Gasteiger partial charge in [0.05, 0.1) is 12.3 Å². The first-order valence-electron chi connectivity index (χ1n) is 11.8. The summed E-state index contributed by atoms with van der Waals surface area (Å²) in [5, 5.41) is 0. The van der Waals surface area contributed by atoms with Crippen molar-refractivity contribution in [1.82, 2.24) is 14.1 Å². The van der Waals surface area contributed by atoms with Gasteiger partial charge in [-0.1, -0.05) is 51.1 Å². The first-order chi connectivity index (χ1) is 15.7. The number of piperidine rings is 1. The minimum absolute atomic E-state index is 0.0345. The Morgan fingerprint density at radius 2 is 1.79 bits per heavy atom. The fourth-order valence-electron chi connectivity index (χ4n) is 4.18. The number of sulfonamides is 1. The normalized spacial score (nSPS) is 15.3. The lowest BCUT2D eigenvalue weighted by atomic mass is 10.0. The minimum Gasteiger partial charge on any atom is -0.343 e. The van der Waals surface area contributed by atoms with Crippen LogP contribution in [0.2, 0.25) is 0 Å². The van der Waals surface area contributed by atoms with Crippen molar-refractivity contribution in [3.63, 3.8) is 0 Å². The topological polar surface area (TPSA) is 78.0 Å². The summed E-state index contributed by atoms with van der Waals surface area (Å²) in [5.74, 6) is 0.299. The number of hydrogen-bond acceptors (Lipinski definition) is 4. The molecule has 1 saturated heterocycles. The highest BCUT2D eigenvalue weighted by atomic mass is 35.5. The molecule has 0 spiro atoms. The van der Waals surface area contributed by atoms with Crippen LogP contribution in [0, 0.1) is 5.92 Å². The number of benzene rings is 1. The Balaban J connectivity index is 2.20. The third-order valence-electron chi connectivity index (χ3n) is 5.82. The second kappa shape index (κ2) is 13.3. The smallest absolute Gasteiger partial charge is 0.238 e. The monoisotopic (exact) mass is 499 g/mol. The van der Waals surface area contributed by atoms with Crippen molar-refractivity contribution in [2.24, 2.45) is 5.92 Å². The van der Waals surface area contributed by atoms with Gasteiger partial charge >= 0.3 is 0 Å². The molecule has 1 aliphatic rings. The fourth-order valence-corrected chi connectivity index (χ4v) is 5.95. The molecular weight excluding hydrogens is 462 g/mol. The Morgan fingerprint density at radius 1 is 1.15 bits per heavy atom. The van der Waals surface area contributed by atoms with Crippen LogP contribution in [0.3, 0.4) is 0 Å². The van der Waals surface area contributed by atoms with E-state index < -0.39 is 10.0 Å². The van der Waals surface area contributed by atoms with E-state index in [1.165, 1.54) is 4.31 Å². The maximum absolute atomic E-state index is 13.5. The van der Waals surface area contributed by atoms with Gasteiger partial charge in [-0.25, -0.2) is 8.42 Å². The Labute approximate surface area is 204 Å². The summed E-state index contributed by atoms with van der Waals surface area (Å²) in [6, 6.07) is 9.69. The van der Waals surface area contributed by atoms with Crippen molar-refractivity contribution >= 4 is 33.4 Å². The zero-order valence-electron chi connectivity index (χ0n) is 20.1. The van der Waals surface area contributed by atoms with Crippen molar-refractivity contribution in [2.45, 2.75) is 59.0 Å². The van der Waals surface area contributed by atoms with Gasteiger partial charge < -0.3 is 9.80 Å². The van der Waals surface area contributed by atoms with E-state index in [-0.39, 0.29) is 36.1 Å². The van der Waals surface area contributed by atoms with Crippen LogP contribution in [-0.2, 0) is 26.2 Å². The zero-order chi connectivity index (χ0) is 24.4. The second-order valence-electron chi connectivity index (χ2n) is 9.06. The van der Waals surface area contributed by atoms with E-state index in [4.69, 9.17) is 11.6 Å². The number of rotatable bonds is 12. The molecule has 186 valence electrons. The molecule has 33 heavy (non-hydrogen) atoms. The molecule has 2 amide bonds. The maximum Gasteiger partial charge on any atom is 0.238 e. The number of carbonyl (C=O) groups is 2. The minimum atomic E-state index is -3.51. The molecule has 2 rings (SSSR count). The number of halogens is 1. The molecule has 0 bridgehead atoms. The zero-order valence-corrected chi connectivity index (χ0v) is 21.7. The number of carbonyl (C=O) groups excluding carboxylic acids is 2. The summed E-state index contributed by atoms with van der Waals surface area (Å²) < 4.78 is 27.0. The van der Waals surface area contributed by atoms with Gasteiger partial charge in [-0.2, -0.15) is 4.31 Å². The molecule has 0 radical (unpaired) electrons. The van der Waals surface area contributed by atoms with Crippen LogP contribution in [-0.4, -0.2) is 78.2 Å². The van der Waals surface area contributed by atoms with Gasteiger partial charge in [0.1, 0.15) is 0 Å². The third-order valence-corrected chi connectivity index (χ3v) is 8.00. The van der Waals surface area contributed by atoms with Crippen molar-refractivity contribution in [3.8, 4) is 0 Å². The lowest BCUT2D eigenvalue weighted by molar-refractivity contribution is -0.137. The highest BCUT2D eigenvalue weighted by Gasteiger charge is 2.32. The molecule has 1 aromatic rings. The van der Waals surface area contributed by atoms with Crippen molar-refractivity contribution in [2.75, 3.05) is 37.8 Å². The van der Waals surface area contributed by atoms with Crippen molar-refractivity contribution in [1.29, 1.82) is 0 Å². The van der Waals surface area contributed by atoms with Crippen LogP contribution in [0.25, 0.3) is 0 Å². The van der Waals surface area contributed by atoms with E-state index in [0.717, 1.165) is 5.56 Å². The molecule has 0 aliphatic carbocycles. The second-order valence-corrected chi connectivity index (χ2v) is 11.5. The Hall–Kier alpha value is -1.64. The van der Waals surface area contributed by atoms with Crippen LogP contribution in [0.4, 0.5) is 0 Å². The summed E-state index contributed by atoms with van der Waals surface area (Å²) in [7, 11) is -3.51. The molecule has 1 heterocycles. The van der Waals surface area contributed by atoms with E-state index >= 15 is 0 Å². The molecule has 1 fully saturated rings. The molecule has 0 N–H and O–H groups in total. The predicted octanol–water partition coefficient (Wildman–Crippen LogP) is 3.33. The Morgan fingerprint density at radius 3 is 2.33 bits per heavy atom. The largest absolute Gasteiger partial charge is 0.343 e. The van der Waals surface area contributed by atoms with Crippen molar-refractivity contribution < 1.29 is 18.0 Å². The van der Waals surface area contributed by atoms with E-state index in [0.29, 0.717) is 57.7 Å². The average molecular weight is 500 g/mol. The van der Waals surface area contributed by atoms with Gasteiger partial charge in [-0.05, 0) is 30.7 Å². The quantitative estimate of drug-likeness (QED) is 0.413. The number of nitrogens with zero attached hydrogens (tertiary/aromatic N) is 3. The average Bonchev–Trinajstić information content (AvgIpc) is 2.77. The molecule has 1 aliphatic heterocycles. The lowest BCUT2D eigenvalue weighted by Crippen LogP contribution is -2.51. The van der Waals surface area contributed by atoms with Gasteiger partial charge in [0.25, 0.3) is 0 Å². The van der Waals surface area contributed by atoms with Crippen molar-refractivity contribution in [3.05, 3.63) is 35.9 Å². The molecule has 0 atom stereocenters. The SMILES string of the molecule is CCCS(=O)(=O)N(CC(=O)N(Cc1ccccc1)C1CCN(C(=O)CCCl)CC1)CC(C)C. The van der Waals surface area contributed by atoms with Crippen LogP contribution < -0.4 is 0 Å². The molecule has 9 heteroatoms. The molecule has 7 nitrogen and oxygen atoms in total. The number of hydrogen-bond donors (Lipinski definition) is 0. The first kappa shape index (κ1) is 27.6. The van der Waals surface area contributed by atoms with Gasteiger partial charge in [-0.15, -0.1) is 11.6 Å². The van der Waals surface area contributed by atoms with E-state index in [9.17, 15) is 18.0 Å². The van der Waals surface area contributed by atoms with Gasteiger partial charge in [0.2, 0.25) is 21.8 Å². The summed E-state index contributed by atoms with van der Waals surface area (Å²) in [5.41, 5.74) is 0.998. The summed E-state index contributed by atoms with van der Waals surface area (Å²) in [4.78, 5) is 29.4. The molecule has 0 saturated carbocycles. The maximum atomic E-state index is 13.5. The van der Waals surface area contributed by atoms with E-state index in [1.807, 2.05) is 56.0 Å². The lowest BCUT2D eigenvalue weighted by Gasteiger charge is -2.39. The van der Waals surface area contributed by atoms with Gasteiger partial charge in [-0.3, -0.25) is 9.59 Å². The van der Waals surface area contributed by atoms with Crippen LogP contribution >= 0.6 is 11.6 Å². The van der Waals surface area contributed by atoms with Gasteiger partial charge in [0, 0.05) is 44.5 Å². The van der Waals surface area contributed by atoms with Gasteiger partial charge in [0.15, 0.2) is 0 Å². The highest BCUT2D eigenvalue weighted by molar-refractivity contribution is 7.89. The third kappa shape index (κ3) is 8.58. The molecule has 0 unspecified atom stereocenters.